The van der Waals surface area contributed by atoms with Crippen LogP contribution in [0.4, 0.5) is 15.8 Å². The number of hydrogen-bond acceptors (Lipinski definition) is 3. The van der Waals surface area contributed by atoms with Crippen molar-refractivity contribution < 1.29 is 18.8 Å². The third-order valence-electron chi connectivity index (χ3n) is 4.97. The first kappa shape index (κ1) is 23.5. The van der Waals surface area contributed by atoms with Gasteiger partial charge in [0.25, 0.3) is 5.91 Å². The van der Waals surface area contributed by atoms with E-state index in [0.717, 1.165) is 16.1 Å². The average Bonchev–Trinajstić information content (AvgIpc) is 3.14. The molecule has 0 atom stereocenters. The van der Waals surface area contributed by atoms with E-state index in [1.54, 1.807) is 36.4 Å². The second-order valence-corrected chi connectivity index (χ2v) is 8.71. The van der Waals surface area contributed by atoms with Crippen molar-refractivity contribution in [2.45, 2.75) is 6.92 Å². The summed E-state index contributed by atoms with van der Waals surface area (Å²) in [4.78, 5) is 38.2. The lowest BCUT2D eigenvalue weighted by Gasteiger charge is -2.14. The first-order chi connectivity index (χ1) is 16.2. The van der Waals surface area contributed by atoms with Crippen LogP contribution in [-0.4, -0.2) is 22.4 Å². The Labute approximate surface area is 207 Å². The van der Waals surface area contributed by atoms with Gasteiger partial charge in [0, 0.05) is 20.6 Å². The zero-order valence-electron chi connectivity index (χ0n) is 17.7. The fourth-order valence-electron chi connectivity index (χ4n) is 3.32. The van der Waals surface area contributed by atoms with Crippen LogP contribution in [0.3, 0.4) is 0 Å². The fraction of sp³-hybridized carbons (Fsp3) is 0.0417. The minimum atomic E-state index is -1.10. The Kier molecular flexibility index (Phi) is 6.67. The predicted molar refractivity (Wildman–Crippen MR) is 133 cm³/mol. The largest absolute Gasteiger partial charge is 0.328 e. The molecular weight excluding hydrogens is 527 g/mol. The van der Waals surface area contributed by atoms with E-state index in [1.807, 2.05) is 13.0 Å². The molecule has 0 radical (unpaired) electrons. The van der Waals surface area contributed by atoms with Crippen molar-refractivity contribution >= 4 is 67.5 Å². The van der Waals surface area contributed by atoms with Crippen LogP contribution in [0, 0.1) is 12.7 Å². The molecule has 4 rings (SSSR count). The number of benzene rings is 3. The topological polar surface area (TPSA) is 92.2 Å². The van der Waals surface area contributed by atoms with Crippen LogP contribution in [0.2, 0.25) is 5.02 Å². The maximum atomic E-state index is 13.9. The number of carbonyl (C=O) groups is 3. The van der Waals surface area contributed by atoms with Gasteiger partial charge in [-0.2, -0.15) is 0 Å². The zero-order valence-corrected chi connectivity index (χ0v) is 20.0. The van der Waals surface area contributed by atoms with Crippen molar-refractivity contribution in [2.24, 2.45) is 0 Å². The second kappa shape index (κ2) is 9.66. The Morgan fingerprint density at radius 3 is 2.41 bits per heavy atom. The van der Waals surface area contributed by atoms with E-state index in [-0.39, 0.29) is 11.4 Å². The molecule has 34 heavy (non-hydrogen) atoms. The highest BCUT2D eigenvalue weighted by atomic mass is 79.9. The molecule has 0 bridgehead atoms. The van der Waals surface area contributed by atoms with Crippen molar-refractivity contribution in [1.29, 1.82) is 0 Å². The number of fused-ring (bicyclic) bond motifs is 1. The molecule has 0 aliphatic rings. The Hall–Kier alpha value is -3.69. The van der Waals surface area contributed by atoms with E-state index in [9.17, 15) is 18.8 Å². The van der Waals surface area contributed by atoms with Crippen LogP contribution in [0.5, 0.6) is 0 Å². The van der Waals surface area contributed by atoms with Gasteiger partial charge in [0.2, 0.25) is 0 Å². The monoisotopic (exact) mass is 542 g/mol. The molecule has 0 unspecified atom stereocenters. The predicted octanol–water partition coefficient (Wildman–Crippen LogP) is 5.47. The maximum absolute atomic E-state index is 13.9. The minimum Gasteiger partial charge on any atom is -0.320 e. The molecule has 3 aromatic carbocycles. The molecule has 1 aromatic heterocycles. The van der Waals surface area contributed by atoms with E-state index in [1.165, 1.54) is 22.9 Å². The summed E-state index contributed by atoms with van der Waals surface area (Å²) in [6, 6.07) is 17.2. The highest BCUT2D eigenvalue weighted by Gasteiger charge is 2.22. The fourth-order valence-corrected chi connectivity index (χ4v) is 3.98. The first-order valence-electron chi connectivity index (χ1n) is 9.98. The van der Waals surface area contributed by atoms with Crippen molar-refractivity contribution in [2.75, 3.05) is 16.1 Å². The summed E-state index contributed by atoms with van der Waals surface area (Å²) in [5, 5.41) is 6.02. The molecule has 3 amide bonds. The van der Waals surface area contributed by atoms with E-state index >= 15 is 0 Å². The Balaban J connectivity index is 1.65. The van der Waals surface area contributed by atoms with Gasteiger partial charge in [0.15, 0.2) is 0 Å². The number of halogens is 3. The Bertz CT molecular complexity index is 1450. The summed E-state index contributed by atoms with van der Waals surface area (Å²) in [7, 11) is 0. The first-order valence-corrected chi connectivity index (χ1v) is 11.2. The molecule has 0 spiro atoms. The van der Waals surface area contributed by atoms with Crippen LogP contribution >= 0.6 is 27.5 Å². The molecule has 0 aliphatic heterocycles. The van der Waals surface area contributed by atoms with Crippen LogP contribution in [-0.2, 0) is 9.59 Å². The normalized spacial score (nSPS) is 10.7. The number of aromatic nitrogens is 1. The van der Waals surface area contributed by atoms with Gasteiger partial charge in [-0.1, -0.05) is 39.7 Å². The third-order valence-corrected chi connectivity index (χ3v) is 5.70. The number of carbonyl (C=O) groups excluding carboxylic acids is 3. The van der Waals surface area contributed by atoms with Gasteiger partial charge in [-0.05, 0) is 67.1 Å². The van der Waals surface area contributed by atoms with Gasteiger partial charge in [-0.3, -0.25) is 19.8 Å². The highest BCUT2D eigenvalue weighted by molar-refractivity contribution is 9.10. The summed E-state index contributed by atoms with van der Waals surface area (Å²) in [5.74, 6) is -3.40. The van der Waals surface area contributed by atoms with Gasteiger partial charge in [0.1, 0.15) is 11.5 Å². The van der Waals surface area contributed by atoms with Gasteiger partial charge in [-0.15, -0.1) is 0 Å². The number of anilines is 2. The van der Waals surface area contributed by atoms with Gasteiger partial charge in [-0.25, -0.2) is 9.07 Å². The summed E-state index contributed by atoms with van der Waals surface area (Å²) in [6.45, 7) is 1.84. The van der Waals surface area contributed by atoms with Crippen LogP contribution in [0.15, 0.2) is 71.2 Å². The van der Waals surface area contributed by atoms with E-state index in [2.05, 4.69) is 32.0 Å². The number of nitrogens with zero attached hydrogens (tertiary/aromatic N) is 1. The number of aryl methyl sites for hydroxylation is 1. The average molecular weight is 544 g/mol. The molecule has 4 aromatic rings. The molecule has 10 heteroatoms. The SMILES string of the molecule is Cc1cc(Br)ccc1NC(=O)c1cc2cc(Cl)ccc2n1NC(=O)C(=O)Nc1ccccc1F. The third kappa shape index (κ3) is 4.95. The standard InChI is InChI=1S/C24H17BrClFN4O3/c1-13-10-15(25)6-8-18(13)28-22(32)21-12-14-11-16(26)7-9-20(14)31(21)30-24(34)23(33)29-19-5-3-2-4-17(19)27/h2-12H,1H3,(H,28,32)(H,29,33)(H,30,34). The molecule has 0 saturated heterocycles. The number of amides is 3. The van der Waals surface area contributed by atoms with Crippen LogP contribution < -0.4 is 16.1 Å². The number of nitrogens with one attached hydrogen (secondary N) is 3. The van der Waals surface area contributed by atoms with Gasteiger partial charge < -0.3 is 10.6 Å². The summed E-state index contributed by atoms with van der Waals surface area (Å²) in [5.41, 5.74) is 4.17. The number of para-hydroxylation sites is 1. The Morgan fingerprint density at radius 1 is 0.912 bits per heavy atom. The number of hydrogen-bond donors (Lipinski definition) is 3. The van der Waals surface area contributed by atoms with E-state index in [0.29, 0.717) is 21.6 Å². The summed E-state index contributed by atoms with van der Waals surface area (Å²) < 4.78 is 15.9. The second-order valence-electron chi connectivity index (χ2n) is 7.36. The van der Waals surface area contributed by atoms with Crippen molar-refractivity contribution in [3.8, 4) is 0 Å². The highest BCUT2D eigenvalue weighted by Crippen LogP contribution is 2.25. The van der Waals surface area contributed by atoms with Crippen LogP contribution in [0.25, 0.3) is 10.9 Å². The molecule has 7 nitrogen and oxygen atoms in total. The summed E-state index contributed by atoms with van der Waals surface area (Å²) in [6.07, 6.45) is 0. The number of rotatable bonds is 4. The molecule has 3 N–H and O–H groups in total. The smallest absolute Gasteiger partial charge is 0.320 e. The molecule has 0 fully saturated rings. The minimum absolute atomic E-state index is 0.0617. The quantitative estimate of drug-likeness (QED) is 0.298. The molecule has 172 valence electrons. The molecule has 1 heterocycles. The van der Waals surface area contributed by atoms with Gasteiger partial charge in [0.05, 0.1) is 11.2 Å². The van der Waals surface area contributed by atoms with Crippen molar-refractivity contribution in [3.05, 3.63) is 93.3 Å². The lowest BCUT2D eigenvalue weighted by molar-refractivity contribution is -0.133. The molecular formula is C24H17BrClFN4O3. The van der Waals surface area contributed by atoms with Crippen molar-refractivity contribution in [1.82, 2.24) is 4.68 Å². The maximum Gasteiger partial charge on any atom is 0.328 e. The molecule has 0 saturated carbocycles. The zero-order chi connectivity index (χ0) is 24.4. The molecule has 0 aliphatic carbocycles. The lowest BCUT2D eigenvalue weighted by atomic mass is 10.2. The van der Waals surface area contributed by atoms with E-state index in [4.69, 9.17) is 11.6 Å². The Morgan fingerprint density at radius 2 is 1.68 bits per heavy atom. The van der Waals surface area contributed by atoms with Gasteiger partial charge >= 0.3 is 11.8 Å². The lowest BCUT2D eigenvalue weighted by Crippen LogP contribution is -2.36. The van der Waals surface area contributed by atoms with Crippen molar-refractivity contribution in [3.63, 3.8) is 0 Å². The summed E-state index contributed by atoms with van der Waals surface area (Å²) >= 11 is 9.46. The van der Waals surface area contributed by atoms with E-state index < -0.39 is 23.5 Å². The van der Waals surface area contributed by atoms with Crippen LogP contribution in [0.1, 0.15) is 16.1 Å².